The van der Waals surface area contributed by atoms with Gasteiger partial charge in [0.25, 0.3) is 0 Å². The highest BCUT2D eigenvalue weighted by atomic mass is 16.5. The number of para-hydroxylation sites is 2. The Hall–Kier alpha value is -2.20. The molecule has 2 N–H and O–H groups in total. The molecule has 0 aliphatic rings. The Kier molecular flexibility index (Phi) is 5.67. The SMILES string of the molecule is CCOc1c(OC)cccc1C(CN)N(C)c1ccccc1. The van der Waals surface area contributed by atoms with E-state index >= 15 is 0 Å². The predicted molar refractivity (Wildman–Crippen MR) is 90.8 cm³/mol. The van der Waals surface area contributed by atoms with Crippen LogP contribution in [-0.4, -0.2) is 27.3 Å². The predicted octanol–water partition coefficient (Wildman–Crippen LogP) is 3.23. The third-order valence-electron chi connectivity index (χ3n) is 3.73. The van der Waals surface area contributed by atoms with Crippen LogP contribution in [0, 0.1) is 0 Å². The largest absolute Gasteiger partial charge is 0.493 e. The van der Waals surface area contributed by atoms with Gasteiger partial charge < -0.3 is 20.1 Å². The van der Waals surface area contributed by atoms with Crippen molar-refractivity contribution in [1.82, 2.24) is 0 Å². The van der Waals surface area contributed by atoms with Crippen molar-refractivity contribution in [3.63, 3.8) is 0 Å². The van der Waals surface area contributed by atoms with E-state index in [9.17, 15) is 0 Å². The molecule has 1 atom stereocenters. The van der Waals surface area contributed by atoms with Gasteiger partial charge in [-0.05, 0) is 25.1 Å². The summed E-state index contributed by atoms with van der Waals surface area (Å²) in [7, 11) is 3.70. The van der Waals surface area contributed by atoms with Gasteiger partial charge in [-0.2, -0.15) is 0 Å². The standard InChI is InChI=1S/C18H24N2O2/c1-4-22-18-15(11-8-12-17(18)21-3)16(13-19)20(2)14-9-6-5-7-10-14/h5-12,16H,4,13,19H2,1-3H3. The van der Waals surface area contributed by atoms with Crippen molar-refractivity contribution in [2.45, 2.75) is 13.0 Å². The minimum atomic E-state index is 0.0130. The Morgan fingerprint density at radius 1 is 1.09 bits per heavy atom. The molecule has 0 saturated heterocycles. The normalized spacial score (nSPS) is 11.8. The number of likely N-dealkylation sites (N-methyl/N-ethyl adjacent to an activating group) is 1. The third kappa shape index (κ3) is 3.34. The molecule has 0 heterocycles. The van der Waals surface area contributed by atoms with Crippen molar-refractivity contribution in [2.24, 2.45) is 5.73 Å². The van der Waals surface area contributed by atoms with E-state index in [-0.39, 0.29) is 6.04 Å². The summed E-state index contributed by atoms with van der Waals surface area (Å²) in [6.45, 7) is 3.03. The van der Waals surface area contributed by atoms with Gasteiger partial charge in [0.15, 0.2) is 11.5 Å². The molecule has 0 amide bonds. The van der Waals surface area contributed by atoms with Gasteiger partial charge in [-0.3, -0.25) is 0 Å². The van der Waals surface area contributed by atoms with E-state index in [1.807, 2.05) is 50.4 Å². The molecule has 1 unspecified atom stereocenters. The van der Waals surface area contributed by atoms with Crippen molar-refractivity contribution in [2.75, 3.05) is 32.2 Å². The second-order valence-electron chi connectivity index (χ2n) is 5.01. The number of nitrogens with two attached hydrogens (primary N) is 1. The first-order valence-electron chi connectivity index (χ1n) is 7.50. The van der Waals surface area contributed by atoms with Crippen LogP contribution < -0.4 is 20.1 Å². The fourth-order valence-corrected chi connectivity index (χ4v) is 2.59. The average molecular weight is 300 g/mol. The Labute approximate surface area is 132 Å². The number of anilines is 1. The summed E-state index contributed by atoms with van der Waals surface area (Å²) in [5.74, 6) is 1.50. The zero-order chi connectivity index (χ0) is 15.9. The maximum atomic E-state index is 6.06. The summed E-state index contributed by atoms with van der Waals surface area (Å²) in [4.78, 5) is 2.16. The summed E-state index contributed by atoms with van der Waals surface area (Å²) in [5, 5.41) is 0. The first kappa shape index (κ1) is 16.2. The van der Waals surface area contributed by atoms with E-state index in [1.54, 1.807) is 7.11 Å². The molecule has 0 aliphatic heterocycles. The van der Waals surface area contributed by atoms with Crippen LogP contribution in [0.15, 0.2) is 48.5 Å². The minimum Gasteiger partial charge on any atom is -0.493 e. The van der Waals surface area contributed by atoms with Gasteiger partial charge in [0.05, 0.1) is 19.8 Å². The molecule has 2 rings (SSSR count). The number of rotatable bonds is 7. The molecule has 4 nitrogen and oxygen atoms in total. The number of hydrogen-bond acceptors (Lipinski definition) is 4. The smallest absolute Gasteiger partial charge is 0.166 e. The van der Waals surface area contributed by atoms with Gasteiger partial charge >= 0.3 is 0 Å². The first-order chi connectivity index (χ1) is 10.7. The number of methoxy groups -OCH3 is 1. The molecule has 2 aromatic rings. The van der Waals surface area contributed by atoms with E-state index in [0.29, 0.717) is 13.2 Å². The van der Waals surface area contributed by atoms with Crippen LogP contribution in [0.25, 0.3) is 0 Å². The molecule has 0 aliphatic carbocycles. The van der Waals surface area contributed by atoms with Crippen molar-refractivity contribution in [1.29, 1.82) is 0 Å². The molecule has 0 bridgehead atoms. The third-order valence-corrected chi connectivity index (χ3v) is 3.73. The van der Waals surface area contributed by atoms with Gasteiger partial charge in [0.2, 0.25) is 0 Å². The zero-order valence-corrected chi connectivity index (χ0v) is 13.5. The Balaban J connectivity index is 2.42. The molecule has 118 valence electrons. The van der Waals surface area contributed by atoms with E-state index < -0.39 is 0 Å². The van der Waals surface area contributed by atoms with E-state index in [0.717, 1.165) is 22.7 Å². The Morgan fingerprint density at radius 2 is 1.82 bits per heavy atom. The quantitative estimate of drug-likeness (QED) is 0.853. The maximum absolute atomic E-state index is 6.06. The van der Waals surface area contributed by atoms with Crippen LogP contribution in [0.4, 0.5) is 5.69 Å². The highest BCUT2D eigenvalue weighted by Crippen LogP contribution is 2.37. The number of ether oxygens (including phenoxy) is 2. The van der Waals surface area contributed by atoms with E-state index in [1.165, 1.54) is 0 Å². The number of nitrogens with zero attached hydrogens (tertiary/aromatic N) is 1. The Bertz CT molecular complexity index is 587. The van der Waals surface area contributed by atoms with Crippen molar-refractivity contribution >= 4 is 5.69 Å². The van der Waals surface area contributed by atoms with Crippen LogP contribution in [0.3, 0.4) is 0 Å². The highest BCUT2D eigenvalue weighted by Gasteiger charge is 2.22. The van der Waals surface area contributed by atoms with E-state index in [4.69, 9.17) is 15.2 Å². The van der Waals surface area contributed by atoms with Crippen LogP contribution in [0.2, 0.25) is 0 Å². The van der Waals surface area contributed by atoms with Gasteiger partial charge in [0.1, 0.15) is 0 Å². The molecule has 0 saturated carbocycles. The second-order valence-corrected chi connectivity index (χ2v) is 5.01. The number of benzene rings is 2. The molecule has 0 aromatic heterocycles. The molecule has 0 fully saturated rings. The van der Waals surface area contributed by atoms with Crippen molar-refractivity contribution in [3.8, 4) is 11.5 Å². The lowest BCUT2D eigenvalue weighted by molar-refractivity contribution is 0.305. The molecule has 4 heteroatoms. The van der Waals surface area contributed by atoms with Gasteiger partial charge in [-0.25, -0.2) is 0 Å². The van der Waals surface area contributed by atoms with Crippen molar-refractivity contribution in [3.05, 3.63) is 54.1 Å². The fourth-order valence-electron chi connectivity index (χ4n) is 2.59. The van der Waals surface area contributed by atoms with Crippen LogP contribution >= 0.6 is 0 Å². The van der Waals surface area contributed by atoms with Gasteiger partial charge in [-0.1, -0.05) is 30.3 Å². The Morgan fingerprint density at radius 3 is 2.41 bits per heavy atom. The molecule has 0 radical (unpaired) electrons. The van der Waals surface area contributed by atoms with Crippen LogP contribution in [0.5, 0.6) is 11.5 Å². The first-order valence-corrected chi connectivity index (χ1v) is 7.50. The molecule has 2 aromatic carbocycles. The number of hydrogen-bond donors (Lipinski definition) is 1. The lowest BCUT2D eigenvalue weighted by Crippen LogP contribution is -2.30. The second kappa shape index (κ2) is 7.71. The monoisotopic (exact) mass is 300 g/mol. The van der Waals surface area contributed by atoms with Crippen molar-refractivity contribution < 1.29 is 9.47 Å². The summed E-state index contributed by atoms with van der Waals surface area (Å²) in [5.41, 5.74) is 8.21. The molecular weight excluding hydrogens is 276 g/mol. The van der Waals surface area contributed by atoms with E-state index in [2.05, 4.69) is 17.0 Å². The van der Waals surface area contributed by atoms with Gasteiger partial charge in [0, 0.05) is 24.8 Å². The lowest BCUT2D eigenvalue weighted by atomic mass is 10.0. The summed E-state index contributed by atoms with van der Waals surface area (Å²) < 4.78 is 11.3. The molecule has 22 heavy (non-hydrogen) atoms. The maximum Gasteiger partial charge on any atom is 0.166 e. The summed E-state index contributed by atoms with van der Waals surface area (Å²) >= 11 is 0. The minimum absolute atomic E-state index is 0.0130. The molecular formula is C18H24N2O2. The van der Waals surface area contributed by atoms with Gasteiger partial charge in [-0.15, -0.1) is 0 Å². The lowest BCUT2D eigenvalue weighted by Gasteiger charge is -2.31. The summed E-state index contributed by atoms with van der Waals surface area (Å²) in [6, 6.07) is 16.1. The average Bonchev–Trinajstić information content (AvgIpc) is 2.57. The summed E-state index contributed by atoms with van der Waals surface area (Å²) in [6.07, 6.45) is 0. The zero-order valence-electron chi connectivity index (χ0n) is 13.5. The highest BCUT2D eigenvalue weighted by molar-refractivity contribution is 5.54. The topological polar surface area (TPSA) is 47.7 Å². The van der Waals surface area contributed by atoms with Crippen LogP contribution in [-0.2, 0) is 0 Å². The fraction of sp³-hybridized carbons (Fsp3) is 0.333. The molecule has 0 spiro atoms. The van der Waals surface area contributed by atoms with Crippen LogP contribution in [0.1, 0.15) is 18.5 Å².